The fraction of sp³-hybridized carbons (Fsp3) is 1.00. The first kappa shape index (κ1) is 20.1. The molecule has 0 radical (unpaired) electrons. The van der Waals surface area contributed by atoms with Gasteiger partial charge in [0.2, 0.25) is 0 Å². The van der Waals surface area contributed by atoms with E-state index in [9.17, 15) is 0 Å². The van der Waals surface area contributed by atoms with Crippen LogP contribution in [0.2, 0.25) is 0 Å². The van der Waals surface area contributed by atoms with Crippen LogP contribution in [0.25, 0.3) is 26.4 Å². The van der Waals surface area contributed by atoms with E-state index in [-0.39, 0.29) is 0 Å². The molecule has 0 aromatic heterocycles. The zero-order valence-electron chi connectivity index (χ0n) is 10.4. The molecule has 0 heterocycles. The van der Waals surface area contributed by atoms with Gasteiger partial charge in [-0.2, -0.15) is 0 Å². The number of rotatable bonds is 7. The average molecular weight is 227 g/mol. The second-order valence-corrected chi connectivity index (χ2v) is 3.31. The molecular formula is C10H23N6-. The van der Waals surface area contributed by atoms with E-state index in [1.807, 2.05) is 0 Å². The molecular weight excluding hydrogens is 204 g/mol. The van der Waals surface area contributed by atoms with E-state index >= 15 is 0 Å². The minimum atomic E-state index is 1.37. The Bertz CT molecular complexity index is 148. The van der Waals surface area contributed by atoms with Gasteiger partial charge < -0.3 is 11.1 Å². The molecule has 0 bridgehead atoms. The van der Waals surface area contributed by atoms with Gasteiger partial charge in [-0.25, -0.2) is 0 Å². The minimum absolute atomic E-state index is 1.37. The van der Waals surface area contributed by atoms with Gasteiger partial charge in [0.05, 0.1) is 0 Å². The van der Waals surface area contributed by atoms with Crippen molar-refractivity contribution in [3.05, 3.63) is 26.4 Å². The second kappa shape index (κ2) is 29.2. The summed E-state index contributed by atoms with van der Waals surface area (Å²) in [6.07, 6.45) is 11.5. The van der Waals surface area contributed by atoms with Crippen molar-refractivity contribution < 1.29 is 0 Å². The first-order chi connectivity index (χ1) is 7.74. The fourth-order valence-corrected chi connectivity index (χ4v) is 1.21. The Kier molecular flexibility index (Phi) is 36.6. The van der Waals surface area contributed by atoms with Gasteiger partial charge in [0.15, 0.2) is 0 Å². The maximum absolute atomic E-state index is 6.86. The molecule has 0 aromatic rings. The third-order valence-corrected chi connectivity index (χ3v) is 1.96. The smallest absolute Gasteiger partial charge is 0.00208 e. The highest BCUT2D eigenvalue weighted by molar-refractivity contribution is 4.43. The zero-order valence-corrected chi connectivity index (χ0v) is 10.4. The van der Waals surface area contributed by atoms with Crippen LogP contribution < -0.4 is 0 Å². The van der Waals surface area contributed by atoms with Crippen LogP contribution in [0.4, 0.5) is 0 Å². The molecule has 0 atom stereocenters. The average Bonchev–Trinajstić information content (AvgIpc) is 2.26. The summed E-state index contributed by atoms with van der Waals surface area (Å²) >= 11 is 0. The van der Waals surface area contributed by atoms with Crippen LogP contribution in [0.1, 0.15) is 65.2 Å². The van der Waals surface area contributed by atoms with Crippen molar-refractivity contribution in [1.29, 1.82) is 5.53 Å². The molecule has 1 N–H and O–H groups in total. The van der Waals surface area contributed by atoms with Gasteiger partial charge in [0, 0.05) is 0 Å². The Morgan fingerprint density at radius 1 is 0.750 bits per heavy atom. The van der Waals surface area contributed by atoms with E-state index in [0.717, 1.165) is 0 Å². The molecule has 0 saturated carbocycles. The maximum Gasteiger partial charge on any atom is -0.00208 e. The third-order valence-electron chi connectivity index (χ3n) is 1.96. The van der Waals surface area contributed by atoms with Gasteiger partial charge in [-0.1, -0.05) is 65.2 Å². The standard InChI is InChI=1S/C10H22.HN3.N3/c1-3-5-7-9-10-8-6-4-2;2*1-3-2/h3-10H2,1-2H3;1H;/q;;-1. The summed E-state index contributed by atoms with van der Waals surface area (Å²) in [5.41, 5.74) is 25.8. The lowest BCUT2D eigenvalue weighted by Crippen LogP contribution is -1.77. The van der Waals surface area contributed by atoms with E-state index in [0.29, 0.717) is 0 Å². The summed E-state index contributed by atoms with van der Waals surface area (Å²) in [5.74, 6) is 0. The van der Waals surface area contributed by atoms with Gasteiger partial charge in [-0.3, -0.25) is 4.91 Å². The van der Waals surface area contributed by atoms with Gasteiger partial charge >= 0.3 is 0 Å². The summed E-state index contributed by atoms with van der Waals surface area (Å²) in [4.78, 5) is 3.25. The molecule has 0 amide bonds. The molecule has 0 rings (SSSR count). The highest BCUT2D eigenvalue weighted by Crippen LogP contribution is 2.07. The highest BCUT2D eigenvalue weighted by atomic mass is 15.0. The Labute approximate surface area is 97.9 Å². The van der Waals surface area contributed by atoms with Crippen LogP contribution in [0.5, 0.6) is 0 Å². The van der Waals surface area contributed by atoms with E-state index in [2.05, 4.69) is 13.8 Å². The summed E-state index contributed by atoms with van der Waals surface area (Å²) in [7, 11) is 0. The van der Waals surface area contributed by atoms with Crippen molar-refractivity contribution in [1.82, 2.24) is 0 Å². The summed E-state index contributed by atoms with van der Waals surface area (Å²) < 4.78 is 0. The van der Waals surface area contributed by atoms with Gasteiger partial charge in [0.1, 0.15) is 0 Å². The van der Waals surface area contributed by atoms with Crippen LogP contribution in [-0.2, 0) is 0 Å². The Hall–Kier alpha value is -1.38. The lowest BCUT2D eigenvalue weighted by Gasteiger charge is -1.97. The third kappa shape index (κ3) is 54.0. The molecule has 0 aromatic carbocycles. The Morgan fingerprint density at radius 3 is 1.12 bits per heavy atom. The molecule has 6 nitrogen and oxygen atoms in total. The quantitative estimate of drug-likeness (QED) is 0.241. The fourth-order valence-electron chi connectivity index (χ4n) is 1.21. The zero-order chi connectivity index (χ0) is 13.1. The summed E-state index contributed by atoms with van der Waals surface area (Å²) in [6.45, 7) is 4.54. The largest absolute Gasteiger partial charge is 0.373 e. The van der Waals surface area contributed by atoms with E-state index in [1.54, 1.807) is 4.91 Å². The molecule has 0 aliphatic carbocycles. The number of hydrogen-bond donors (Lipinski definition) is 1. The normalized spacial score (nSPS) is 7.38. The van der Waals surface area contributed by atoms with Crippen LogP contribution in [-0.4, -0.2) is 0 Å². The Morgan fingerprint density at radius 2 is 0.938 bits per heavy atom. The topological polar surface area (TPSA) is 119 Å². The molecule has 16 heavy (non-hydrogen) atoms. The van der Waals surface area contributed by atoms with Crippen molar-refractivity contribution in [3.63, 3.8) is 0 Å². The SMILES string of the molecule is CCCCCCCCCC.[N-]=[N+]=N.[N-]=[N+]=[N-]. The molecule has 0 saturated heterocycles. The number of unbranched alkanes of at least 4 members (excludes halogenated alkanes) is 7. The number of hydrogen-bond acceptors (Lipinski definition) is 1. The lowest BCUT2D eigenvalue weighted by atomic mass is 10.1. The first-order valence-electron chi connectivity index (χ1n) is 5.74. The predicted octanol–water partition coefficient (Wildman–Crippen LogP) is 5.89. The summed E-state index contributed by atoms with van der Waals surface area (Å²) in [5, 5.41) is 0. The molecule has 0 unspecified atom stereocenters. The number of nitrogens with zero attached hydrogens (tertiary/aromatic N) is 5. The van der Waals surface area contributed by atoms with Gasteiger partial charge in [0.25, 0.3) is 0 Å². The summed E-state index contributed by atoms with van der Waals surface area (Å²) in [6, 6.07) is 0. The molecule has 6 heteroatoms. The van der Waals surface area contributed by atoms with E-state index < -0.39 is 0 Å². The Balaban J connectivity index is -0.000000235. The monoisotopic (exact) mass is 227 g/mol. The van der Waals surface area contributed by atoms with E-state index in [4.69, 9.17) is 22.1 Å². The highest BCUT2D eigenvalue weighted by Gasteiger charge is 1.87. The maximum atomic E-state index is 6.86. The molecule has 0 fully saturated rings. The van der Waals surface area contributed by atoms with Crippen molar-refractivity contribution >= 4 is 0 Å². The first-order valence-corrected chi connectivity index (χ1v) is 5.74. The predicted molar refractivity (Wildman–Crippen MR) is 67.8 cm³/mol. The van der Waals surface area contributed by atoms with Crippen LogP contribution >= 0.6 is 0 Å². The van der Waals surface area contributed by atoms with Crippen LogP contribution in [0.3, 0.4) is 0 Å². The van der Waals surface area contributed by atoms with E-state index in [1.165, 1.54) is 56.3 Å². The van der Waals surface area contributed by atoms with Crippen molar-refractivity contribution in [3.8, 4) is 0 Å². The molecule has 94 valence electrons. The lowest BCUT2D eigenvalue weighted by molar-refractivity contribution is 0.585. The number of nitrogens with one attached hydrogen (secondary N) is 1. The van der Waals surface area contributed by atoms with Crippen LogP contribution in [0, 0.1) is 5.53 Å². The van der Waals surface area contributed by atoms with Crippen molar-refractivity contribution in [2.24, 2.45) is 0 Å². The molecule has 0 aliphatic heterocycles. The van der Waals surface area contributed by atoms with Gasteiger partial charge in [-0.05, 0) is 10.4 Å². The minimum Gasteiger partial charge on any atom is -0.373 e. The van der Waals surface area contributed by atoms with Crippen molar-refractivity contribution in [2.75, 3.05) is 0 Å². The van der Waals surface area contributed by atoms with Gasteiger partial charge in [-0.15, -0.1) is 5.53 Å². The molecule has 0 spiro atoms. The van der Waals surface area contributed by atoms with Crippen molar-refractivity contribution in [2.45, 2.75) is 65.2 Å². The van der Waals surface area contributed by atoms with Crippen LogP contribution in [0.15, 0.2) is 0 Å². The second-order valence-electron chi connectivity index (χ2n) is 3.31. The molecule has 0 aliphatic rings.